The Balaban J connectivity index is 3.08. The molecule has 3 N–H and O–H groups in total. The van der Waals surface area contributed by atoms with Crippen molar-refractivity contribution < 1.29 is 18.9 Å². The van der Waals surface area contributed by atoms with Crippen molar-refractivity contribution in [3.63, 3.8) is 0 Å². The molecule has 0 heterocycles. The van der Waals surface area contributed by atoms with Crippen LogP contribution in [0.3, 0.4) is 0 Å². The second kappa shape index (κ2) is 5.21. The number of nitrogens with two attached hydrogens (primary N) is 1. The maximum atomic E-state index is 13.0. The van der Waals surface area contributed by atoms with Crippen molar-refractivity contribution in [1.82, 2.24) is 5.32 Å². The molecule has 0 saturated carbocycles. The fourth-order valence-corrected chi connectivity index (χ4v) is 1.19. The van der Waals surface area contributed by atoms with E-state index in [0.29, 0.717) is 0 Å². The summed E-state index contributed by atoms with van der Waals surface area (Å²) in [5, 5.41) is 12.8. The molecule has 1 unspecified atom stereocenters. The van der Waals surface area contributed by atoms with E-state index in [1.807, 2.05) is 0 Å². The Morgan fingerprint density at radius 2 is 2.11 bits per heavy atom. The smallest absolute Gasteiger partial charge is 0.282 e. The highest BCUT2D eigenvalue weighted by molar-refractivity contribution is 6.00. The Morgan fingerprint density at radius 1 is 1.50 bits per heavy atom. The zero-order valence-electron chi connectivity index (χ0n) is 9.34. The summed E-state index contributed by atoms with van der Waals surface area (Å²) in [6.45, 7) is 1.31. The van der Waals surface area contributed by atoms with Crippen molar-refractivity contribution in [1.29, 1.82) is 0 Å². The van der Waals surface area contributed by atoms with Gasteiger partial charge >= 0.3 is 0 Å². The van der Waals surface area contributed by atoms with Gasteiger partial charge in [0, 0.05) is 6.07 Å². The molecular formula is C10H10FN3O4. The van der Waals surface area contributed by atoms with Gasteiger partial charge in [-0.1, -0.05) is 0 Å². The van der Waals surface area contributed by atoms with Crippen LogP contribution in [0.25, 0.3) is 0 Å². The molecule has 1 atom stereocenters. The van der Waals surface area contributed by atoms with Crippen molar-refractivity contribution in [2.45, 2.75) is 13.0 Å². The first-order valence-corrected chi connectivity index (χ1v) is 4.87. The highest BCUT2D eigenvalue weighted by Gasteiger charge is 2.23. The molecule has 18 heavy (non-hydrogen) atoms. The number of hydrogen-bond acceptors (Lipinski definition) is 4. The number of hydrogen-bond donors (Lipinski definition) is 2. The summed E-state index contributed by atoms with van der Waals surface area (Å²) in [4.78, 5) is 32.3. The summed E-state index contributed by atoms with van der Waals surface area (Å²) in [5.41, 5.74) is 3.91. The first-order valence-electron chi connectivity index (χ1n) is 4.87. The summed E-state index contributed by atoms with van der Waals surface area (Å²) in [6, 6.07) is 1.45. The third-order valence-corrected chi connectivity index (χ3v) is 2.17. The van der Waals surface area contributed by atoms with Gasteiger partial charge in [-0.25, -0.2) is 4.39 Å². The fourth-order valence-electron chi connectivity index (χ4n) is 1.19. The molecule has 0 aliphatic carbocycles. The number of amides is 2. The molecule has 7 nitrogen and oxygen atoms in total. The van der Waals surface area contributed by atoms with Gasteiger partial charge in [-0.05, 0) is 19.1 Å². The molecule has 0 bridgehead atoms. The number of nitro benzene ring substituents is 1. The summed E-state index contributed by atoms with van der Waals surface area (Å²) in [7, 11) is 0. The van der Waals surface area contributed by atoms with Gasteiger partial charge in [0.15, 0.2) is 0 Å². The monoisotopic (exact) mass is 255 g/mol. The van der Waals surface area contributed by atoms with Gasteiger partial charge in [0.25, 0.3) is 11.6 Å². The number of rotatable bonds is 4. The average Bonchev–Trinajstić information content (AvgIpc) is 2.28. The zero-order valence-corrected chi connectivity index (χ0v) is 9.34. The highest BCUT2D eigenvalue weighted by Crippen LogP contribution is 2.19. The maximum absolute atomic E-state index is 13.0. The molecule has 0 aliphatic rings. The van der Waals surface area contributed by atoms with Gasteiger partial charge in [0.05, 0.1) is 4.92 Å². The van der Waals surface area contributed by atoms with E-state index in [1.165, 1.54) is 6.92 Å². The van der Waals surface area contributed by atoms with E-state index in [-0.39, 0.29) is 0 Å². The predicted molar refractivity (Wildman–Crippen MR) is 59.2 cm³/mol. The minimum absolute atomic E-state index is 0.465. The third-order valence-electron chi connectivity index (χ3n) is 2.17. The van der Waals surface area contributed by atoms with Crippen molar-refractivity contribution in [3.8, 4) is 0 Å². The van der Waals surface area contributed by atoms with Crippen LogP contribution >= 0.6 is 0 Å². The molecule has 0 radical (unpaired) electrons. The highest BCUT2D eigenvalue weighted by atomic mass is 19.1. The quantitative estimate of drug-likeness (QED) is 0.596. The first-order chi connectivity index (χ1) is 8.32. The summed E-state index contributed by atoms with van der Waals surface area (Å²) >= 11 is 0. The Kier molecular flexibility index (Phi) is 3.93. The summed E-state index contributed by atoms with van der Waals surface area (Å²) in [6.07, 6.45) is 0. The van der Waals surface area contributed by atoms with Crippen LogP contribution in [0.2, 0.25) is 0 Å². The zero-order chi connectivity index (χ0) is 13.9. The Bertz CT molecular complexity index is 518. The van der Waals surface area contributed by atoms with Crippen LogP contribution in [-0.2, 0) is 4.79 Å². The molecule has 96 valence electrons. The molecule has 0 aromatic heterocycles. The van der Waals surface area contributed by atoms with E-state index in [0.717, 1.165) is 18.2 Å². The van der Waals surface area contributed by atoms with Crippen LogP contribution in [0.1, 0.15) is 17.3 Å². The Morgan fingerprint density at radius 3 is 2.61 bits per heavy atom. The lowest BCUT2D eigenvalue weighted by atomic mass is 10.1. The molecule has 1 rings (SSSR count). The number of benzene rings is 1. The second-order valence-electron chi connectivity index (χ2n) is 3.52. The SMILES string of the molecule is CC(NC(=O)c1cc(F)ccc1[N+](=O)[O-])C(N)=O. The van der Waals surface area contributed by atoms with E-state index >= 15 is 0 Å². The first kappa shape index (κ1) is 13.6. The number of nitrogens with zero attached hydrogens (tertiary/aromatic N) is 1. The minimum Gasteiger partial charge on any atom is -0.368 e. The fraction of sp³-hybridized carbons (Fsp3) is 0.200. The van der Waals surface area contributed by atoms with Gasteiger partial charge < -0.3 is 11.1 Å². The Labute approximate surface area is 101 Å². The number of primary amides is 1. The predicted octanol–water partition coefficient (Wildman–Crippen LogP) is 0.337. The molecule has 0 spiro atoms. The molecule has 1 aromatic rings. The number of halogens is 1. The van der Waals surface area contributed by atoms with E-state index in [1.54, 1.807) is 0 Å². The number of carbonyl (C=O) groups is 2. The van der Waals surface area contributed by atoms with Gasteiger partial charge in [0.2, 0.25) is 5.91 Å². The van der Waals surface area contributed by atoms with Crippen LogP contribution in [0.4, 0.5) is 10.1 Å². The largest absolute Gasteiger partial charge is 0.368 e. The van der Waals surface area contributed by atoms with Crippen LogP contribution < -0.4 is 11.1 Å². The van der Waals surface area contributed by atoms with E-state index < -0.39 is 39.8 Å². The summed E-state index contributed by atoms with van der Waals surface area (Å²) in [5.74, 6) is -2.53. The lowest BCUT2D eigenvalue weighted by Gasteiger charge is -2.10. The van der Waals surface area contributed by atoms with Gasteiger partial charge in [-0.3, -0.25) is 19.7 Å². The van der Waals surface area contributed by atoms with Crippen LogP contribution in [0, 0.1) is 15.9 Å². The average molecular weight is 255 g/mol. The molecule has 2 amide bonds. The molecule has 0 fully saturated rings. The van der Waals surface area contributed by atoms with Crippen LogP contribution in [0.5, 0.6) is 0 Å². The maximum Gasteiger partial charge on any atom is 0.282 e. The minimum atomic E-state index is -1.01. The molecular weight excluding hydrogens is 245 g/mol. The van der Waals surface area contributed by atoms with E-state index in [2.05, 4.69) is 5.32 Å². The van der Waals surface area contributed by atoms with Crippen LogP contribution in [0.15, 0.2) is 18.2 Å². The molecule has 1 aromatic carbocycles. The lowest BCUT2D eigenvalue weighted by molar-refractivity contribution is -0.385. The van der Waals surface area contributed by atoms with Crippen LogP contribution in [-0.4, -0.2) is 22.8 Å². The van der Waals surface area contributed by atoms with Crippen molar-refractivity contribution in [2.24, 2.45) is 5.73 Å². The standard InChI is InChI=1S/C10H10FN3O4/c1-5(9(12)15)13-10(16)7-4-6(11)2-3-8(7)14(17)18/h2-5H,1H3,(H2,12,15)(H,13,16). The van der Waals surface area contributed by atoms with Gasteiger partial charge in [-0.2, -0.15) is 0 Å². The summed E-state index contributed by atoms with van der Waals surface area (Å²) < 4.78 is 13.0. The number of carbonyl (C=O) groups excluding carboxylic acids is 2. The Hall–Kier alpha value is -2.51. The molecule has 0 saturated heterocycles. The topological polar surface area (TPSA) is 115 Å². The number of nitro groups is 1. The second-order valence-corrected chi connectivity index (χ2v) is 3.52. The normalized spacial score (nSPS) is 11.7. The molecule has 8 heteroatoms. The molecule has 0 aliphatic heterocycles. The van der Waals surface area contributed by atoms with Gasteiger partial charge in [0.1, 0.15) is 17.4 Å². The van der Waals surface area contributed by atoms with Crippen molar-refractivity contribution in [2.75, 3.05) is 0 Å². The lowest BCUT2D eigenvalue weighted by Crippen LogP contribution is -2.42. The third kappa shape index (κ3) is 3.00. The van der Waals surface area contributed by atoms with E-state index in [9.17, 15) is 24.1 Å². The van der Waals surface area contributed by atoms with Crippen molar-refractivity contribution >= 4 is 17.5 Å². The van der Waals surface area contributed by atoms with Crippen molar-refractivity contribution in [3.05, 3.63) is 39.7 Å². The van der Waals surface area contributed by atoms with E-state index in [4.69, 9.17) is 5.73 Å². The number of nitrogens with one attached hydrogen (secondary N) is 1. The van der Waals surface area contributed by atoms with Gasteiger partial charge in [-0.15, -0.1) is 0 Å².